The first-order chi connectivity index (χ1) is 7.76. The maximum absolute atomic E-state index is 12.7. The molecule has 0 radical (unpaired) electrons. The molecule has 0 unspecified atom stereocenters. The summed E-state index contributed by atoms with van der Waals surface area (Å²) in [6.45, 7) is 3.25. The number of rotatable bonds is 3. The van der Waals surface area contributed by atoms with Gasteiger partial charge in [0.1, 0.15) is 5.82 Å². The molecule has 0 aromatic heterocycles. The Bertz CT molecular complexity index is 362. The van der Waals surface area contributed by atoms with Crippen LogP contribution in [0.1, 0.15) is 18.4 Å². The molecule has 1 aliphatic heterocycles. The minimum Gasteiger partial charge on any atom is -0.316 e. The lowest BCUT2D eigenvalue weighted by Crippen LogP contribution is -2.64. The second-order valence-electron chi connectivity index (χ2n) is 5.22. The molecule has 1 aliphatic carbocycles. The molecule has 1 aromatic rings. The number of hydrogen-bond donors (Lipinski definition) is 2. The van der Waals surface area contributed by atoms with Gasteiger partial charge in [-0.25, -0.2) is 4.39 Å². The minimum absolute atomic E-state index is 0.160. The van der Waals surface area contributed by atoms with E-state index in [1.165, 1.54) is 38.1 Å². The van der Waals surface area contributed by atoms with E-state index in [9.17, 15) is 4.39 Å². The predicted molar refractivity (Wildman–Crippen MR) is 61.6 cm³/mol. The van der Waals surface area contributed by atoms with Crippen molar-refractivity contribution in [3.63, 3.8) is 0 Å². The van der Waals surface area contributed by atoms with Crippen LogP contribution in [0.4, 0.5) is 4.39 Å². The molecular formula is C13H17FN2. The Kier molecular flexibility index (Phi) is 2.45. The second-order valence-corrected chi connectivity index (χ2v) is 5.22. The van der Waals surface area contributed by atoms with Crippen molar-refractivity contribution in [3.8, 4) is 0 Å². The first-order valence-corrected chi connectivity index (χ1v) is 5.94. The first-order valence-electron chi connectivity index (χ1n) is 5.94. The van der Waals surface area contributed by atoms with Crippen LogP contribution >= 0.6 is 0 Å². The Morgan fingerprint density at radius 1 is 1.25 bits per heavy atom. The maximum Gasteiger partial charge on any atom is 0.123 e. The van der Waals surface area contributed by atoms with Gasteiger partial charge in [0.05, 0.1) is 0 Å². The van der Waals surface area contributed by atoms with Crippen LogP contribution in [0.2, 0.25) is 0 Å². The zero-order valence-corrected chi connectivity index (χ0v) is 9.30. The van der Waals surface area contributed by atoms with Gasteiger partial charge in [0.15, 0.2) is 0 Å². The van der Waals surface area contributed by atoms with Crippen molar-refractivity contribution in [1.29, 1.82) is 0 Å². The molecule has 0 atom stereocenters. The molecule has 0 bridgehead atoms. The molecule has 3 rings (SSSR count). The molecule has 2 aliphatic rings. The molecule has 2 fully saturated rings. The molecule has 16 heavy (non-hydrogen) atoms. The molecule has 1 saturated heterocycles. The summed E-state index contributed by atoms with van der Waals surface area (Å²) >= 11 is 0. The average molecular weight is 220 g/mol. The van der Waals surface area contributed by atoms with E-state index in [1.807, 2.05) is 12.1 Å². The number of benzene rings is 1. The van der Waals surface area contributed by atoms with Crippen LogP contribution in [0.15, 0.2) is 24.3 Å². The standard InChI is InChI=1S/C13H17FN2/c14-11-3-1-10(2-4-11)7-16-12-5-13(6-12)8-15-9-13/h1-4,12,15-16H,5-9H2. The van der Waals surface area contributed by atoms with Gasteiger partial charge >= 0.3 is 0 Å². The fourth-order valence-corrected chi connectivity index (χ4v) is 2.76. The highest BCUT2D eigenvalue weighted by molar-refractivity contribution is 5.16. The van der Waals surface area contributed by atoms with Crippen LogP contribution < -0.4 is 10.6 Å². The lowest BCUT2D eigenvalue weighted by Gasteiger charge is -2.54. The Morgan fingerprint density at radius 3 is 2.50 bits per heavy atom. The van der Waals surface area contributed by atoms with Crippen molar-refractivity contribution < 1.29 is 4.39 Å². The number of nitrogens with one attached hydrogen (secondary N) is 2. The van der Waals surface area contributed by atoms with E-state index < -0.39 is 0 Å². The lowest BCUT2D eigenvalue weighted by molar-refractivity contribution is 0.0230. The van der Waals surface area contributed by atoms with Crippen molar-refractivity contribution >= 4 is 0 Å². The van der Waals surface area contributed by atoms with E-state index in [0.29, 0.717) is 11.5 Å². The largest absolute Gasteiger partial charge is 0.316 e. The summed E-state index contributed by atoms with van der Waals surface area (Å²) in [5.74, 6) is -0.160. The quantitative estimate of drug-likeness (QED) is 0.809. The summed E-state index contributed by atoms with van der Waals surface area (Å²) in [4.78, 5) is 0. The minimum atomic E-state index is -0.160. The molecule has 3 heteroatoms. The Labute approximate surface area is 95.2 Å². The van der Waals surface area contributed by atoms with Gasteiger partial charge in [0, 0.05) is 25.7 Å². The van der Waals surface area contributed by atoms with Crippen molar-refractivity contribution in [1.82, 2.24) is 10.6 Å². The molecule has 0 amide bonds. The van der Waals surface area contributed by atoms with E-state index in [0.717, 1.165) is 12.1 Å². The number of halogens is 1. The Balaban J connectivity index is 1.45. The molecule has 1 spiro atoms. The normalized spacial score (nSPS) is 22.8. The van der Waals surface area contributed by atoms with Crippen molar-refractivity contribution in [2.45, 2.75) is 25.4 Å². The van der Waals surface area contributed by atoms with E-state index in [1.54, 1.807) is 0 Å². The van der Waals surface area contributed by atoms with Crippen molar-refractivity contribution in [2.75, 3.05) is 13.1 Å². The highest BCUT2D eigenvalue weighted by atomic mass is 19.1. The number of hydrogen-bond acceptors (Lipinski definition) is 2. The van der Waals surface area contributed by atoms with Gasteiger partial charge < -0.3 is 10.6 Å². The Morgan fingerprint density at radius 2 is 1.94 bits per heavy atom. The van der Waals surface area contributed by atoms with Crippen LogP contribution in [-0.4, -0.2) is 19.1 Å². The fraction of sp³-hybridized carbons (Fsp3) is 0.538. The fourth-order valence-electron chi connectivity index (χ4n) is 2.76. The monoisotopic (exact) mass is 220 g/mol. The van der Waals surface area contributed by atoms with Gasteiger partial charge in [0.25, 0.3) is 0 Å². The van der Waals surface area contributed by atoms with Crippen molar-refractivity contribution in [3.05, 3.63) is 35.6 Å². The molecular weight excluding hydrogens is 203 g/mol. The molecule has 2 N–H and O–H groups in total. The predicted octanol–water partition coefficient (Wildman–Crippen LogP) is 1.67. The summed E-state index contributed by atoms with van der Waals surface area (Å²) in [5, 5.41) is 6.86. The molecule has 1 aromatic carbocycles. The third kappa shape index (κ3) is 1.85. The topological polar surface area (TPSA) is 24.1 Å². The zero-order chi connectivity index (χ0) is 11.0. The average Bonchev–Trinajstić information content (AvgIpc) is 2.16. The SMILES string of the molecule is Fc1ccc(CNC2CC3(CNC3)C2)cc1. The lowest BCUT2D eigenvalue weighted by atomic mass is 9.61. The zero-order valence-electron chi connectivity index (χ0n) is 9.30. The van der Waals surface area contributed by atoms with Crippen LogP contribution in [-0.2, 0) is 6.54 Å². The molecule has 1 saturated carbocycles. The van der Waals surface area contributed by atoms with Crippen molar-refractivity contribution in [2.24, 2.45) is 5.41 Å². The highest BCUT2D eigenvalue weighted by Gasteiger charge is 2.47. The van der Waals surface area contributed by atoms with E-state index >= 15 is 0 Å². The van der Waals surface area contributed by atoms with Crippen LogP contribution in [0.5, 0.6) is 0 Å². The molecule has 86 valence electrons. The van der Waals surface area contributed by atoms with E-state index in [2.05, 4.69) is 10.6 Å². The van der Waals surface area contributed by atoms with Gasteiger partial charge in [-0.2, -0.15) is 0 Å². The van der Waals surface area contributed by atoms with Gasteiger partial charge in [-0.15, -0.1) is 0 Å². The maximum atomic E-state index is 12.7. The van der Waals surface area contributed by atoms with Gasteiger partial charge in [-0.1, -0.05) is 12.1 Å². The summed E-state index contributed by atoms with van der Waals surface area (Å²) in [7, 11) is 0. The highest BCUT2D eigenvalue weighted by Crippen LogP contribution is 2.44. The first kappa shape index (κ1) is 10.2. The molecule has 2 nitrogen and oxygen atoms in total. The van der Waals surface area contributed by atoms with Gasteiger partial charge in [-0.3, -0.25) is 0 Å². The molecule has 1 heterocycles. The smallest absolute Gasteiger partial charge is 0.123 e. The second kappa shape index (κ2) is 3.82. The van der Waals surface area contributed by atoms with Crippen LogP contribution in [0.3, 0.4) is 0 Å². The van der Waals surface area contributed by atoms with Crippen LogP contribution in [0.25, 0.3) is 0 Å². The van der Waals surface area contributed by atoms with E-state index in [4.69, 9.17) is 0 Å². The third-order valence-electron chi connectivity index (χ3n) is 3.87. The summed E-state index contributed by atoms with van der Waals surface area (Å²) in [6.07, 6.45) is 2.59. The van der Waals surface area contributed by atoms with Gasteiger partial charge in [0.2, 0.25) is 0 Å². The van der Waals surface area contributed by atoms with Gasteiger partial charge in [-0.05, 0) is 36.0 Å². The van der Waals surface area contributed by atoms with E-state index in [-0.39, 0.29) is 5.82 Å². The Hall–Kier alpha value is -0.930. The summed E-state index contributed by atoms with van der Waals surface area (Å²) in [5.41, 5.74) is 1.79. The third-order valence-corrected chi connectivity index (χ3v) is 3.87. The van der Waals surface area contributed by atoms with Crippen LogP contribution in [0, 0.1) is 11.2 Å². The summed E-state index contributed by atoms with van der Waals surface area (Å²) < 4.78 is 12.7. The summed E-state index contributed by atoms with van der Waals surface area (Å²) in [6, 6.07) is 7.40.